The van der Waals surface area contributed by atoms with Crippen LogP contribution in [0.3, 0.4) is 0 Å². The topological polar surface area (TPSA) is 75.6 Å². The molecule has 2 heterocycles. The summed E-state index contributed by atoms with van der Waals surface area (Å²) < 4.78 is 5.04. The third-order valence-electron chi connectivity index (χ3n) is 3.96. The molecule has 1 aliphatic rings. The van der Waals surface area contributed by atoms with E-state index in [-0.39, 0.29) is 12.5 Å². The molecule has 1 saturated heterocycles. The lowest BCUT2D eigenvalue weighted by molar-refractivity contribution is -0.148. The number of aromatic nitrogens is 2. The summed E-state index contributed by atoms with van der Waals surface area (Å²) in [7, 11) is 0. The van der Waals surface area contributed by atoms with Crippen LogP contribution < -0.4 is 4.90 Å². The van der Waals surface area contributed by atoms with Gasteiger partial charge >= 0.3 is 5.97 Å². The van der Waals surface area contributed by atoms with Crippen molar-refractivity contribution in [1.29, 1.82) is 0 Å². The summed E-state index contributed by atoms with van der Waals surface area (Å²) in [6.07, 6.45) is 4.72. The van der Waals surface area contributed by atoms with E-state index >= 15 is 0 Å². The molecule has 0 saturated carbocycles. The molecule has 1 aromatic heterocycles. The Morgan fingerprint density at radius 3 is 2.44 bits per heavy atom. The summed E-state index contributed by atoms with van der Waals surface area (Å²) >= 11 is 1.42. The molecule has 1 aromatic carbocycles. The Kier molecular flexibility index (Phi) is 6.81. The molecule has 7 nitrogen and oxygen atoms in total. The first-order valence-corrected chi connectivity index (χ1v) is 9.45. The van der Waals surface area contributed by atoms with Crippen molar-refractivity contribution >= 4 is 29.6 Å². The predicted molar refractivity (Wildman–Crippen MR) is 103 cm³/mol. The van der Waals surface area contributed by atoms with E-state index in [1.54, 1.807) is 28.8 Å². The summed E-state index contributed by atoms with van der Waals surface area (Å²) in [5.41, 5.74) is 0. The summed E-state index contributed by atoms with van der Waals surface area (Å²) in [4.78, 5) is 37.1. The minimum Gasteiger partial charge on any atom is -0.452 e. The van der Waals surface area contributed by atoms with Gasteiger partial charge in [0.05, 0.1) is 0 Å². The highest BCUT2D eigenvalue weighted by Crippen LogP contribution is 2.17. The molecule has 0 aliphatic carbocycles. The van der Waals surface area contributed by atoms with Crippen LogP contribution in [0.4, 0.5) is 5.95 Å². The monoisotopic (exact) mass is 384 g/mol. The van der Waals surface area contributed by atoms with Gasteiger partial charge in [-0.1, -0.05) is 30.0 Å². The Morgan fingerprint density at radius 2 is 1.74 bits per heavy atom. The number of thioether (sulfide) groups is 1. The van der Waals surface area contributed by atoms with Gasteiger partial charge in [-0.25, -0.2) is 14.8 Å². The minimum atomic E-state index is -0.525. The number of rotatable bonds is 6. The quantitative estimate of drug-likeness (QED) is 0.428. The minimum absolute atomic E-state index is 0.193. The first-order chi connectivity index (χ1) is 13.2. The van der Waals surface area contributed by atoms with E-state index in [2.05, 4.69) is 9.97 Å². The van der Waals surface area contributed by atoms with Gasteiger partial charge in [0.15, 0.2) is 6.61 Å². The molecule has 2 aromatic rings. The maximum absolute atomic E-state index is 12.2. The molecule has 1 aliphatic heterocycles. The Balaban J connectivity index is 1.37. The molecule has 0 unspecified atom stereocenters. The van der Waals surface area contributed by atoms with Crippen molar-refractivity contribution < 1.29 is 14.3 Å². The zero-order valence-electron chi connectivity index (χ0n) is 14.7. The van der Waals surface area contributed by atoms with E-state index in [0.29, 0.717) is 32.1 Å². The Hall–Kier alpha value is -2.87. The standard InChI is InChI=1S/C19H20N4O3S/c24-17(15-26-18(25)7-14-27-16-5-2-1-3-6-16)22-10-12-23(13-11-22)19-20-8-4-9-21-19/h1-9,14H,10-13,15H2/b14-7+. The first-order valence-electron chi connectivity index (χ1n) is 8.57. The van der Waals surface area contributed by atoms with Crippen molar-refractivity contribution in [3.8, 4) is 0 Å². The van der Waals surface area contributed by atoms with Crippen LogP contribution in [0.5, 0.6) is 0 Å². The molecule has 8 heteroatoms. The van der Waals surface area contributed by atoms with Gasteiger partial charge in [0, 0.05) is 49.5 Å². The van der Waals surface area contributed by atoms with Gasteiger partial charge in [-0.05, 0) is 23.6 Å². The second-order valence-corrected chi connectivity index (χ2v) is 6.74. The highest BCUT2D eigenvalue weighted by molar-refractivity contribution is 8.02. The summed E-state index contributed by atoms with van der Waals surface area (Å²) in [5, 5.41) is 1.65. The van der Waals surface area contributed by atoms with Crippen molar-refractivity contribution in [2.45, 2.75) is 4.90 Å². The number of hydrogen-bond acceptors (Lipinski definition) is 7. The van der Waals surface area contributed by atoms with Crippen LogP contribution in [0, 0.1) is 0 Å². The maximum atomic E-state index is 12.2. The number of nitrogens with zero attached hydrogens (tertiary/aromatic N) is 4. The fourth-order valence-corrected chi connectivity index (χ4v) is 3.20. The number of anilines is 1. The number of benzene rings is 1. The van der Waals surface area contributed by atoms with E-state index in [9.17, 15) is 9.59 Å². The third kappa shape index (κ3) is 5.82. The molecule has 140 valence electrons. The number of ether oxygens (including phenoxy) is 1. The first kappa shape index (κ1) is 18.9. The SMILES string of the molecule is O=C(/C=C/Sc1ccccc1)OCC(=O)N1CCN(c2ncccn2)CC1. The van der Waals surface area contributed by atoms with E-state index < -0.39 is 5.97 Å². The molecular weight excluding hydrogens is 364 g/mol. The predicted octanol–water partition coefficient (Wildman–Crippen LogP) is 1.97. The van der Waals surface area contributed by atoms with Crippen LogP contribution in [0.25, 0.3) is 0 Å². The molecule has 0 atom stereocenters. The van der Waals surface area contributed by atoms with Gasteiger partial charge in [0.1, 0.15) is 0 Å². The fourth-order valence-electron chi connectivity index (χ4n) is 2.55. The highest BCUT2D eigenvalue weighted by atomic mass is 32.2. The maximum Gasteiger partial charge on any atom is 0.331 e. The third-order valence-corrected chi connectivity index (χ3v) is 4.77. The van der Waals surface area contributed by atoms with Gasteiger partial charge < -0.3 is 14.5 Å². The Labute approximate surface area is 162 Å². The number of hydrogen-bond donors (Lipinski definition) is 0. The summed E-state index contributed by atoms with van der Waals surface area (Å²) in [6, 6.07) is 11.5. The highest BCUT2D eigenvalue weighted by Gasteiger charge is 2.22. The van der Waals surface area contributed by atoms with E-state index in [4.69, 9.17) is 4.74 Å². The lowest BCUT2D eigenvalue weighted by atomic mass is 10.3. The lowest BCUT2D eigenvalue weighted by Gasteiger charge is -2.34. The number of esters is 1. The second kappa shape index (κ2) is 9.72. The van der Waals surface area contributed by atoms with Crippen LogP contribution >= 0.6 is 11.8 Å². The number of amides is 1. The van der Waals surface area contributed by atoms with Gasteiger partial charge in [-0.15, -0.1) is 0 Å². The van der Waals surface area contributed by atoms with Gasteiger partial charge in [0.2, 0.25) is 5.95 Å². The number of piperazine rings is 1. The smallest absolute Gasteiger partial charge is 0.331 e. The van der Waals surface area contributed by atoms with Gasteiger partial charge in [-0.3, -0.25) is 4.79 Å². The van der Waals surface area contributed by atoms with E-state index in [0.717, 1.165) is 4.90 Å². The van der Waals surface area contributed by atoms with Gasteiger partial charge in [-0.2, -0.15) is 0 Å². The normalized spacial score (nSPS) is 14.4. The van der Waals surface area contributed by atoms with Crippen molar-refractivity contribution in [1.82, 2.24) is 14.9 Å². The average Bonchev–Trinajstić information content (AvgIpc) is 2.73. The number of carbonyl (C=O) groups is 2. The van der Waals surface area contributed by atoms with Crippen LogP contribution in [-0.2, 0) is 14.3 Å². The molecule has 1 fully saturated rings. The van der Waals surface area contributed by atoms with Crippen molar-refractivity contribution in [3.05, 3.63) is 60.3 Å². The number of carbonyl (C=O) groups excluding carboxylic acids is 2. The largest absolute Gasteiger partial charge is 0.452 e. The molecule has 27 heavy (non-hydrogen) atoms. The average molecular weight is 384 g/mol. The molecule has 3 rings (SSSR count). The molecule has 0 spiro atoms. The van der Waals surface area contributed by atoms with Crippen LogP contribution in [-0.4, -0.2) is 59.5 Å². The molecule has 0 bridgehead atoms. The van der Waals surface area contributed by atoms with Gasteiger partial charge in [0.25, 0.3) is 5.91 Å². The molecule has 1 amide bonds. The zero-order chi connectivity index (χ0) is 18.9. The van der Waals surface area contributed by atoms with Crippen molar-refractivity contribution in [2.75, 3.05) is 37.7 Å². The Bertz CT molecular complexity index is 778. The molecule has 0 N–H and O–H groups in total. The zero-order valence-corrected chi connectivity index (χ0v) is 15.5. The summed E-state index contributed by atoms with van der Waals surface area (Å²) in [6.45, 7) is 2.15. The van der Waals surface area contributed by atoms with Crippen molar-refractivity contribution in [2.24, 2.45) is 0 Å². The second-order valence-electron chi connectivity index (χ2n) is 5.76. The lowest BCUT2D eigenvalue weighted by Crippen LogP contribution is -2.50. The van der Waals surface area contributed by atoms with Crippen molar-refractivity contribution in [3.63, 3.8) is 0 Å². The van der Waals surface area contributed by atoms with Crippen LogP contribution in [0.2, 0.25) is 0 Å². The fraction of sp³-hybridized carbons (Fsp3) is 0.263. The van der Waals surface area contributed by atoms with E-state index in [1.165, 1.54) is 17.8 Å². The molecule has 0 radical (unpaired) electrons. The van der Waals surface area contributed by atoms with Crippen LogP contribution in [0.15, 0.2) is 65.2 Å². The molecular formula is C19H20N4O3S. The Morgan fingerprint density at radius 1 is 1.04 bits per heavy atom. The summed E-state index contributed by atoms with van der Waals surface area (Å²) in [5.74, 6) is -0.0544. The van der Waals surface area contributed by atoms with E-state index in [1.807, 2.05) is 35.2 Å². The van der Waals surface area contributed by atoms with Crippen LogP contribution in [0.1, 0.15) is 0 Å².